The number of hydrogen-bond donors (Lipinski definition) is 0. The van der Waals surface area contributed by atoms with Crippen molar-refractivity contribution in [2.45, 2.75) is 44.7 Å². The zero-order valence-corrected chi connectivity index (χ0v) is 17.2. The lowest BCUT2D eigenvalue weighted by molar-refractivity contribution is -0.154. The Balaban J connectivity index is 1.51. The summed E-state index contributed by atoms with van der Waals surface area (Å²) in [5.41, 5.74) is 3.23. The molecule has 3 atom stereocenters. The van der Waals surface area contributed by atoms with Crippen LogP contribution >= 0.6 is 11.3 Å². The van der Waals surface area contributed by atoms with Crippen molar-refractivity contribution < 1.29 is 9.53 Å². The highest BCUT2D eigenvalue weighted by Gasteiger charge is 2.61. The van der Waals surface area contributed by atoms with Crippen LogP contribution in [-0.2, 0) is 16.0 Å². The maximum absolute atomic E-state index is 13.0. The fourth-order valence-corrected chi connectivity index (χ4v) is 5.56. The average Bonchev–Trinajstić information content (AvgIpc) is 3.52. The summed E-state index contributed by atoms with van der Waals surface area (Å²) in [5.74, 6) is 1.40. The Morgan fingerprint density at radius 2 is 2.17 bits per heavy atom. The molecule has 2 bridgehead atoms. The van der Waals surface area contributed by atoms with Crippen LogP contribution in [0, 0.1) is 12.3 Å². The van der Waals surface area contributed by atoms with Crippen LogP contribution in [0.3, 0.4) is 0 Å². The van der Waals surface area contributed by atoms with E-state index in [1.54, 1.807) is 28.5 Å². The summed E-state index contributed by atoms with van der Waals surface area (Å²) in [4.78, 5) is 28.7. The Morgan fingerprint density at radius 3 is 2.90 bits per heavy atom. The molecule has 0 N–H and O–H groups in total. The molecule has 2 aliphatic heterocycles. The lowest BCUT2D eigenvalue weighted by atomic mass is 9.71. The van der Waals surface area contributed by atoms with Crippen LogP contribution in [0.4, 0.5) is 5.82 Å². The van der Waals surface area contributed by atoms with Gasteiger partial charge in [0.05, 0.1) is 29.9 Å². The van der Waals surface area contributed by atoms with Gasteiger partial charge >= 0.3 is 5.97 Å². The van der Waals surface area contributed by atoms with E-state index in [4.69, 9.17) is 4.74 Å². The van der Waals surface area contributed by atoms with Gasteiger partial charge in [-0.2, -0.15) is 5.10 Å². The van der Waals surface area contributed by atoms with E-state index in [-0.39, 0.29) is 18.1 Å². The lowest BCUT2D eigenvalue weighted by Gasteiger charge is -2.34. The van der Waals surface area contributed by atoms with Gasteiger partial charge in [-0.25, -0.2) is 19.6 Å². The van der Waals surface area contributed by atoms with Crippen molar-refractivity contribution >= 4 is 23.1 Å². The number of nitrogens with zero attached hydrogens (tertiary/aromatic N) is 6. The van der Waals surface area contributed by atoms with Gasteiger partial charge in [0.25, 0.3) is 0 Å². The summed E-state index contributed by atoms with van der Waals surface area (Å²) in [6.45, 7) is 2.00. The van der Waals surface area contributed by atoms with E-state index in [0.717, 1.165) is 42.2 Å². The molecule has 0 amide bonds. The Bertz CT molecular complexity index is 1040. The van der Waals surface area contributed by atoms with E-state index < -0.39 is 5.41 Å². The third kappa shape index (κ3) is 2.91. The number of methoxy groups -OCH3 is 1. The molecule has 9 heteroatoms. The molecule has 3 aromatic heterocycles. The highest BCUT2D eigenvalue weighted by atomic mass is 32.1. The zero-order valence-electron chi connectivity index (χ0n) is 16.4. The van der Waals surface area contributed by atoms with Gasteiger partial charge in [-0.3, -0.25) is 4.79 Å². The largest absolute Gasteiger partial charge is 0.469 e. The summed E-state index contributed by atoms with van der Waals surface area (Å²) >= 11 is 1.55. The summed E-state index contributed by atoms with van der Waals surface area (Å²) in [7, 11) is 1.48. The second-order valence-electron chi connectivity index (χ2n) is 7.86. The number of carbonyl (C=O) groups excluding carboxylic acids is 1. The maximum Gasteiger partial charge on any atom is 0.314 e. The van der Waals surface area contributed by atoms with Crippen molar-refractivity contribution in [2.75, 3.05) is 12.0 Å². The van der Waals surface area contributed by atoms with Crippen LogP contribution < -0.4 is 4.90 Å². The minimum atomic E-state index is -0.598. The monoisotopic (exact) mass is 410 g/mol. The van der Waals surface area contributed by atoms with E-state index in [1.807, 2.05) is 30.1 Å². The molecule has 2 saturated heterocycles. The van der Waals surface area contributed by atoms with Crippen molar-refractivity contribution in [2.24, 2.45) is 5.41 Å². The highest BCUT2D eigenvalue weighted by Crippen LogP contribution is 2.53. The van der Waals surface area contributed by atoms with Crippen LogP contribution in [0.15, 0.2) is 35.7 Å². The van der Waals surface area contributed by atoms with Crippen LogP contribution in [0.25, 0.3) is 5.82 Å². The Morgan fingerprint density at radius 1 is 1.31 bits per heavy atom. The normalized spacial score (nSPS) is 25.5. The Labute approximate surface area is 172 Å². The summed E-state index contributed by atoms with van der Waals surface area (Å²) < 4.78 is 7.03. The second kappa shape index (κ2) is 6.91. The standard InChI is InChI=1S/C20H22N6O2S/c1-13-8-24-25(9-13)17-5-18(22-11-21-17)26-15-3-4-16(26)20(7-15,19(27)28-2)6-14-10-29-12-23-14/h5,8-12,15-16H,3-4,6-7H2,1-2H3/t15-,16+,20+/m1/s1. The number of rotatable bonds is 5. The van der Waals surface area contributed by atoms with Gasteiger partial charge < -0.3 is 9.64 Å². The van der Waals surface area contributed by atoms with Gasteiger partial charge in [-0.05, 0) is 31.7 Å². The number of aromatic nitrogens is 5. The molecule has 0 radical (unpaired) electrons. The number of aryl methyl sites for hydroxylation is 1. The van der Waals surface area contributed by atoms with Gasteiger partial charge in [0.2, 0.25) is 0 Å². The average molecular weight is 411 g/mol. The first-order chi connectivity index (χ1) is 14.1. The molecule has 2 aliphatic rings. The third-order valence-corrected chi connectivity index (χ3v) is 6.80. The van der Waals surface area contributed by atoms with Crippen molar-refractivity contribution in [3.05, 3.63) is 46.9 Å². The molecular formula is C20H22N6O2S. The fraction of sp³-hybridized carbons (Fsp3) is 0.450. The SMILES string of the molecule is COC(=O)[C@@]1(Cc2cscn2)C[C@H]2CC[C@@H]1N2c1cc(-n2cc(C)cn2)ncn1. The molecule has 2 fully saturated rings. The van der Waals surface area contributed by atoms with E-state index >= 15 is 0 Å². The van der Waals surface area contributed by atoms with E-state index in [1.165, 1.54) is 7.11 Å². The second-order valence-corrected chi connectivity index (χ2v) is 8.58. The van der Waals surface area contributed by atoms with Crippen molar-refractivity contribution in [1.29, 1.82) is 0 Å². The number of fused-ring (bicyclic) bond motifs is 2. The molecule has 0 aromatic carbocycles. The van der Waals surface area contributed by atoms with Crippen LogP contribution in [0.2, 0.25) is 0 Å². The van der Waals surface area contributed by atoms with E-state index in [9.17, 15) is 4.79 Å². The molecule has 0 saturated carbocycles. The molecule has 5 rings (SSSR count). The number of anilines is 1. The quantitative estimate of drug-likeness (QED) is 0.598. The van der Waals surface area contributed by atoms with Gasteiger partial charge in [-0.1, -0.05) is 0 Å². The zero-order chi connectivity index (χ0) is 20.0. The Hall–Kier alpha value is -2.81. The predicted octanol–water partition coefficient (Wildman–Crippen LogP) is 2.57. The number of hydrogen-bond acceptors (Lipinski definition) is 8. The van der Waals surface area contributed by atoms with Gasteiger partial charge in [-0.15, -0.1) is 11.3 Å². The van der Waals surface area contributed by atoms with Crippen molar-refractivity contribution in [1.82, 2.24) is 24.7 Å². The van der Waals surface area contributed by atoms with Crippen LogP contribution in [0.5, 0.6) is 0 Å². The molecule has 0 spiro atoms. The van der Waals surface area contributed by atoms with Gasteiger partial charge in [0.15, 0.2) is 5.82 Å². The molecule has 150 valence electrons. The molecular weight excluding hydrogens is 388 g/mol. The molecule has 8 nitrogen and oxygen atoms in total. The van der Waals surface area contributed by atoms with Gasteiger partial charge in [0.1, 0.15) is 12.1 Å². The first-order valence-corrected chi connectivity index (χ1v) is 10.6. The fourth-order valence-electron chi connectivity index (χ4n) is 5.00. The minimum absolute atomic E-state index is 0.0313. The first-order valence-electron chi connectivity index (χ1n) is 9.68. The van der Waals surface area contributed by atoms with Crippen LogP contribution in [-0.4, -0.2) is 49.9 Å². The summed E-state index contributed by atoms with van der Waals surface area (Å²) in [6, 6.07) is 2.23. The number of carbonyl (C=O) groups is 1. The highest BCUT2D eigenvalue weighted by molar-refractivity contribution is 7.07. The molecule has 3 aromatic rings. The number of esters is 1. The summed E-state index contributed by atoms with van der Waals surface area (Å²) in [6.07, 6.45) is 8.63. The first kappa shape index (κ1) is 18.2. The topological polar surface area (TPSA) is 86.0 Å². The van der Waals surface area contributed by atoms with Crippen molar-refractivity contribution in [3.8, 4) is 5.82 Å². The molecule has 0 aliphatic carbocycles. The Kier molecular flexibility index (Phi) is 4.34. The lowest BCUT2D eigenvalue weighted by Crippen LogP contribution is -2.46. The van der Waals surface area contributed by atoms with Crippen LogP contribution in [0.1, 0.15) is 30.5 Å². The van der Waals surface area contributed by atoms with Gasteiger partial charge in [0, 0.05) is 36.1 Å². The molecule has 29 heavy (non-hydrogen) atoms. The van der Waals surface area contributed by atoms with E-state index in [2.05, 4.69) is 25.0 Å². The number of ether oxygens (including phenoxy) is 1. The minimum Gasteiger partial charge on any atom is -0.469 e. The van der Waals surface area contributed by atoms with E-state index in [0.29, 0.717) is 6.42 Å². The van der Waals surface area contributed by atoms with Crippen molar-refractivity contribution in [3.63, 3.8) is 0 Å². The predicted molar refractivity (Wildman–Crippen MR) is 108 cm³/mol. The molecule has 0 unspecified atom stereocenters. The third-order valence-electron chi connectivity index (χ3n) is 6.16. The number of thiazole rings is 1. The summed E-state index contributed by atoms with van der Waals surface area (Å²) in [5, 5.41) is 6.37. The maximum atomic E-state index is 13.0. The molecule has 5 heterocycles. The smallest absolute Gasteiger partial charge is 0.314 e.